The Balaban J connectivity index is 2.26. The minimum atomic E-state index is -0.188. The molecule has 3 nitrogen and oxygen atoms in total. The van der Waals surface area contributed by atoms with Crippen molar-refractivity contribution in [3.8, 4) is 0 Å². The molecule has 0 amide bonds. The molecule has 0 aliphatic heterocycles. The number of ketones is 1. The van der Waals surface area contributed by atoms with Crippen molar-refractivity contribution >= 4 is 11.8 Å². The molecule has 1 aliphatic rings. The maximum Gasteiger partial charge on any atom is 0.306 e. The second-order valence-electron chi connectivity index (χ2n) is 6.03. The molecule has 0 heterocycles. The number of esters is 1. The van der Waals surface area contributed by atoms with Crippen molar-refractivity contribution in [1.82, 2.24) is 0 Å². The van der Waals surface area contributed by atoms with E-state index in [0.717, 1.165) is 18.4 Å². The standard InChI is InChI=1S/C18H24O3/c1-4-21-17(20)11-14-6-5-7-16(19)18(14)15-9-12(2)8-13(3)10-15/h8-10,14,18H,4-7,11H2,1-3H3/t14-,18+/m1/s1. The van der Waals surface area contributed by atoms with Crippen LogP contribution in [0.1, 0.15) is 55.2 Å². The van der Waals surface area contributed by atoms with Crippen LogP contribution in [0.25, 0.3) is 0 Å². The average molecular weight is 288 g/mol. The summed E-state index contributed by atoms with van der Waals surface area (Å²) in [5.41, 5.74) is 3.39. The van der Waals surface area contributed by atoms with Gasteiger partial charge in [-0.25, -0.2) is 0 Å². The second-order valence-corrected chi connectivity index (χ2v) is 6.03. The predicted molar refractivity (Wildman–Crippen MR) is 82.3 cm³/mol. The lowest BCUT2D eigenvalue weighted by Crippen LogP contribution is -2.29. The highest BCUT2D eigenvalue weighted by Crippen LogP contribution is 2.38. The topological polar surface area (TPSA) is 43.4 Å². The largest absolute Gasteiger partial charge is 0.466 e. The first-order valence-electron chi connectivity index (χ1n) is 7.77. The fraction of sp³-hybridized carbons (Fsp3) is 0.556. The van der Waals surface area contributed by atoms with Crippen molar-refractivity contribution in [3.05, 3.63) is 34.9 Å². The summed E-state index contributed by atoms with van der Waals surface area (Å²) < 4.78 is 5.06. The van der Waals surface area contributed by atoms with Gasteiger partial charge in [0.15, 0.2) is 0 Å². The third-order valence-electron chi connectivity index (χ3n) is 4.15. The molecule has 1 aromatic rings. The lowest BCUT2D eigenvalue weighted by Gasteiger charge is -2.30. The molecule has 0 aromatic heterocycles. The number of hydrogen-bond acceptors (Lipinski definition) is 3. The van der Waals surface area contributed by atoms with Crippen LogP contribution in [-0.2, 0) is 14.3 Å². The molecule has 2 atom stereocenters. The molecule has 0 bridgehead atoms. The first kappa shape index (κ1) is 15.7. The van der Waals surface area contributed by atoms with E-state index in [4.69, 9.17) is 4.74 Å². The molecule has 1 saturated carbocycles. The third-order valence-corrected chi connectivity index (χ3v) is 4.15. The van der Waals surface area contributed by atoms with Gasteiger partial charge in [-0.1, -0.05) is 29.3 Å². The van der Waals surface area contributed by atoms with Crippen molar-refractivity contribution < 1.29 is 14.3 Å². The van der Waals surface area contributed by atoms with Gasteiger partial charge in [-0.3, -0.25) is 9.59 Å². The summed E-state index contributed by atoms with van der Waals surface area (Å²) in [7, 11) is 0. The molecule has 0 spiro atoms. The van der Waals surface area contributed by atoms with Gasteiger partial charge in [0.2, 0.25) is 0 Å². The summed E-state index contributed by atoms with van der Waals surface area (Å²) in [6.45, 7) is 6.30. The van der Waals surface area contributed by atoms with Crippen molar-refractivity contribution in [2.45, 2.75) is 52.4 Å². The van der Waals surface area contributed by atoms with Crippen LogP contribution in [0.3, 0.4) is 0 Å². The number of carbonyl (C=O) groups is 2. The normalized spacial score (nSPS) is 22.1. The van der Waals surface area contributed by atoms with Crippen LogP contribution in [0.5, 0.6) is 0 Å². The lowest BCUT2D eigenvalue weighted by molar-refractivity contribution is -0.144. The van der Waals surface area contributed by atoms with E-state index in [9.17, 15) is 9.59 Å². The van der Waals surface area contributed by atoms with Crippen LogP contribution in [-0.4, -0.2) is 18.4 Å². The Bertz CT molecular complexity index is 513. The Kier molecular flexibility index (Phi) is 5.16. The fourth-order valence-electron chi connectivity index (χ4n) is 3.42. The first-order valence-corrected chi connectivity index (χ1v) is 7.77. The fourth-order valence-corrected chi connectivity index (χ4v) is 3.42. The van der Waals surface area contributed by atoms with E-state index >= 15 is 0 Å². The van der Waals surface area contributed by atoms with Gasteiger partial charge < -0.3 is 4.74 Å². The third kappa shape index (κ3) is 3.93. The number of carbonyl (C=O) groups excluding carboxylic acids is 2. The van der Waals surface area contributed by atoms with E-state index < -0.39 is 0 Å². The Morgan fingerprint density at radius 1 is 1.24 bits per heavy atom. The average Bonchev–Trinajstić information content (AvgIpc) is 2.37. The number of Topliss-reactive ketones (excluding diaryl/α,β-unsaturated/α-hetero) is 1. The summed E-state index contributed by atoms with van der Waals surface area (Å²) in [5.74, 6) is 0.000351. The Hall–Kier alpha value is -1.64. The smallest absolute Gasteiger partial charge is 0.306 e. The van der Waals surface area contributed by atoms with E-state index in [1.54, 1.807) is 0 Å². The van der Waals surface area contributed by atoms with Gasteiger partial charge in [0, 0.05) is 18.8 Å². The number of rotatable bonds is 4. The van der Waals surface area contributed by atoms with E-state index in [2.05, 4.69) is 18.2 Å². The number of aryl methyl sites for hydroxylation is 2. The highest BCUT2D eigenvalue weighted by atomic mass is 16.5. The molecule has 0 unspecified atom stereocenters. The van der Waals surface area contributed by atoms with E-state index in [1.165, 1.54) is 11.1 Å². The molecule has 1 aliphatic carbocycles. The Labute approximate surface area is 126 Å². The van der Waals surface area contributed by atoms with Crippen molar-refractivity contribution in [1.29, 1.82) is 0 Å². The van der Waals surface area contributed by atoms with Crippen LogP contribution >= 0.6 is 0 Å². The number of hydrogen-bond donors (Lipinski definition) is 0. The number of ether oxygens (including phenoxy) is 1. The zero-order valence-electron chi connectivity index (χ0n) is 13.1. The minimum Gasteiger partial charge on any atom is -0.466 e. The molecule has 21 heavy (non-hydrogen) atoms. The molecule has 0 radical (unpaired) electrons. The lowest BCUT2D eigenvalue weighted by atomic mass is 9.73. The van der Waals surface area contributed by atoms with Gasteiger partial charge in [-0.2, -0.15) is 0 Å². The predicted octanol–water partition coefficient (Wildman–Crippen LogP) is 3.71. The summed E-state index contributed by atoms with van der Waals surface area (Å²) in [6, 6.07) is 6.27. The highest BCUT2D eigenvalue weighted by Gasteiger charge is 2.34. The second kappa shape index (κ2) is 6.88. The van der Waals surface area contributed by atoms with Crippen LogP contribution in [0.15, 0.2) is 18.2 Å². The minimum absolute atomic E-state index is 0.0755. The first-order chi connectivity index (χ1) is 10.0. The van der Waals surface area contributed by atoms with E-state index in [-0.39, 0.29) is 23.6 Å². The molecule has 1 fully saturated rings. The zero-order valence-corrected chi connectivity index (χ0v) is 13.1. The van der Waals surface area contributed by atoms with Crippen molar-refractivity contribution in [3.63, 3.8) is 0 Å². The van der Waals surface area contributed by atoms with Crippen LogP contribution in [0.4, 0.5) is 0 Å². The van der Waals surface area contributed by atoms with E-state index in [1.807, 2.05) is 20.8 Å². The van der Waals surface area contributed by atoms with Crippen LogP contribution in [0, 0.1) is 19.8 Å². The number of benzene rings is 1. The van der Waals surface area contributed by atoms with Gasteiger partial charge in [-0.15, -0.1) is 0 Å². The molecule has 0 N–H and O–H groups in total. The quantitative estimate of drug-likeness (QED) is 0.793. The molecule has 3 heteroatoms. The van der Waals surface area contributed by atoms with Gasteiger partial charge in [0.1, 0.15) is 5.78 Å². The van der Waals surface area contributed by atoms with Gasteiger partial charge in [-0.05, 0) is 45.1 Å². The maximum absolute atomic E-state index is 12.4. The van der Waals surface area contributed by atoms with Gasteiger partial charge >= 0.3 is 5.97 Å². The monoisotopic (exact) mass is 288 g/mol. The van der Waals surface area contributed by atoms with E-state index in [0.29, 0.717) is 19.4 Å². The Morgan fingerprint density at radius 3 is 2.52 bits per heavy atom. The summed E-state index contributed by atoms with van der Waals surface area (Å²) in [4.78, 5) is 24.2. The molecular weight excluding hydrogens is 264 g/mol. The highest BCUT2D eigenvalue weighted by molar-refractivity contribution is 5.87. The molecule has 114 valence electrons. The maximum atomic E-state index is 12.4. The molecule has 2 rings (SSSR count). The molecular formula is C18H24O3. The van der Waals surface area contributed by atoms with Crippen molar-refractivity contribution in [2.75, 3.05) is 6.61 Å². The van der Waals surface area contributed by atoms with Crippen molar-refractivity contribution in [2.24, 2.45) is 5.92 Å². The SMILES string of the molecule is CCOC(=O)C[C@H]1CCCC(=O)[C@@H]1c1cc(C)cc(C)c1. The molecule has 1 aromatic carbocycles. The summed E-state index contributed by atoms with van der Waals surface area (Å²) >= 11 is 0. The Morgan fingerprint density at radius 2 is 1.90 bits per heavy atom. The molecule has 0 saturated heterocycles. The van der Waals surface area contributed by atoms with Gasteiger partial charge in [0.05, 0.1) is 6.61 Å². The van der Waals surface area contributed by atoms with Gasteiger partial charge in [0.25, 0.3) is 0 Å². The summed E-state index contributed by atoms with van der Waals surface area (Å²) in [5, 5.41) is 0. The van der Waals surface area contributed by atoms with Crippen LogP contribution in [0.2, 0.25) is 0 Å². The zero-order chi connectivity index (χ0) is 15.4. The summed E-state index contributed by atoms with van der Waals surface area (Å²) in [6.07, 6.45) is 2.76. The van der Waals surface area contributed by atoms with Crippen LogP contribution < -0.4 is 0 Å².